The number of nitrogens with one attached hydrogen (secondary N) is 1. The van der Waals surface area contributed by atoms with Crippen molar-refractivity contribution in [3.63, 3.8) is 0 Å². The van der Waals surface area contributed by atoms with Crippen molar-refractivity contribution in [3.8, 4) is 0 Å². The Morgan fingerprint density at radius 2 is 2.06 bits per heavy atom. The summed E-state index contributed by atoms with van der Waals surface area (Å²) in [5, 5.41) is 3.28. The van der Waals surface area contributed by atoms with Crippen LogP contribution < -0.4 is 5.32 Å². The number of nitrogens with zero attached hydrogens (tertiary/aromatic N) is 4. The third kappa shape index (κ3) is 3.64. The highest BCUT2D eigenvalue weighted by Crippen LogP contribution is 1.99. The van der Waals surface area contributed by atoms with Crippen LogP contribution in [-0.4, -0.2) is 32.6 Å². The summed E-state index contributed by atoms with van der Waals surface area (Å²) in [6.07, 6.45) is 8.35. The topological polar surface area (TPSA) is 55.6 Å². The largest absolute Gasteiger partial charge is 0.330 e. The molecule has 2 aromatic heterocycles. The van der Waals surface area contributed by atoms with E-state index in [4.69, 9.17) is 0 Å². The van der Waals surface area contributed by atoms with Gasteiger partial charge in [-0.15, -0.1) is 0 Å². The monoisotopic (exact) mass is 231 g/mol. The first-order valence-corrected chi connectivity index (χ1v) is 5.85. The smallest absolute Gasteiger partial charge is 0.147 e. The maximum atomic E-state index is 4.35. The summed E-state index contributed by atoms with van der Waals surface area (Å²) >= 11 is 0. The summed E-state index contributed by atoms with van der Waals surface area (Å²) in [5.74, 6) is 0.808. The van der Waals surface area contributed by atoms with Gasteiger partial charge >= 0.3 is 0 Å². The number of aromatic nitrogens is 4. The fraction of sp³-hybridized carbons (Fsp3) is 0.417. The van der Waals surface area contributed by atoms with E-state index in [0.29, 0.717) is 6.54 Å². The molecule has 0 aliphatic rings. The summed E-state index contributed by atoms with van der Waals surface area (Å²) in [6.45, 7) is 4.74. The van der Waals surface area contributed by atoms with Gasteiger partial charge in [-0.05, 0) is 12.6 Å². The first-order chi connectivity index (χ1) is 8.38. The second-order valence-corrected chi connectivity index (χ2v) is 3.81. The maximum Gasteiger partial charge on any atom is 0.147 e. The number of hydrogen-bond donors (Lipinski definition) is 1. The van der Waals surface area contributed by atoms with Crippen LogP contribution in [0.3, 0.4) is 0 Å². The quantitative estimate of drug-likeness (QED) is 0.750. The van der Waals surface area contributed by atoms with Gasteiger partial charge in [-0.1, -0.05) is 6.92 Å². The van der Waals surface area contributed by atoms with Crippen LogP contribution in [0.2, 0.25) is 0 Å². The summed E-state index contributed by atoms with van der Waals surface area (Å²) in [5.41, 5.74) is 1.10. The van der Waals surface area contributed by atoms with Gasteiger partial charge in [0, 0.05) is 31.6 Å². The van der Waals surface area contributed by atoms with E-state index in [1.54, 1.807) is 12.4 Å². The van der Waals surface area contributed by atoms with E-state index in [1.807, 2.05) is 23.2 Å². The number of imidazole rings is 1. The van der Waals surface area contributed by atoms with Crippen LogP contribution in [0, 0.1) is 0 Å². The molecule has 17 heavy (non-hydrogen) atoms. The van der Waals surface area contributed by atoms with E-state index < -0.39 is 0 Å². The molecule has 0 aromatic carbocycles. The van der Waals surface area contributed by atoms with E-state index in [9.17, 15) is 0 Å². The molecular weight excluding hydrogens is 214 g/mol. The lowest BCUT2D eigenvalue weighted by Crippen LogP contribution is -2.16. The van der Waals surface area contributed by atoms with Crippen molar-refractivity contribution < 1.29 is 0 Å². The number of likely N-dealkylation sites (N-methyl/N-ethyl adjacent to an activating group) is 1. The molecule has 0 bridgehead atoms. The molecule has 0 unspecified atom stereocenters. The lowest BCUT2D eigenvalue weighted by Gasteiger charge is -1.99. The summed E-state index contributed by atoms with van der Waals surface area (Å²) in [7, 11) is 0. The zero-order valence-corrected chi connectivity index (χ0v) is 10.0. The molecule has 5 nitrogen and oxygen atoms in total. The van der Waals surface area contributed by atoms with Crippen LogP contribution in [0.25, 0.3) is 0 Å². The normalized spacial score (nSPS) is 10.6. The van der Waals surface area contributed by atoms with Gasteiger partial charge in [-0.3, -0.25) is 0 Å². The molecule has 0 aliphatic heterocycles. The zero-order valence-electron chi connectivity index (χ0n) is 10.0. The van der Waals surface area contributed by atoms with Gasteiger partial charge < -0.3 is 9.88 Å². The molecule has 0 radical (unpaired) electrons. The predicted octanol–water partition coefficient (Wildman–Crippen LogP) is 0.873. The van der Waals surface area contributed by atoms with E-state index >= 15 is 0 Å². The molecule has 0 spiro atoms. The van der Waals surface area contributed by atoms with Crippen molar-refractivity contribution in [1.82, 2.24) is 24.8 Å². The average Bonchev–Trinajstić information content (AvgIpc) is 2.79. The molecule has 0 fully saturated rings. The zero-order chi connectivity index (χ0) is 11.9. The molecule has 0 saturated heterocycles. The highest BCUT2D eigenvalue weighted by Gasteiger charge is 2.00. The fourth-order valence-electron chi connectivity index (χ4n) is 1.59. The van der Waals surface area contributed by atoms with Crippen molar-refractivity contribution in [2.75, 3.05) is 13.1 Å². The van der Waals surface area contributed by atoms with Crippen LogP contribution in [0.15, 0.2) is 31.0 Å². The van der Waals surface area contributed by atoms with Gasteiger partial charge in [-0.25, -0.2) is 15.0 Å². The SMILES string of the molecule is CCNCCc1cn(Cc2ncccn2)cn1. The lowest BCUT2D eigenvalue weighted by molar-refractivity contribution is 0.707. The molecule has 2 rings (SSSR count). The number of hydrogen-bond acceptors (Lipinski definition) is 4. The molecule has 0 aliphatic carbocycles. The fourth-order valence-corrected chi connectivity index (χ4v) is 1.59. The molecular formula is C12H17N5. The molecule has 1 N–H and O–H groups in total. The Bertz CT molecular complexity index is 437. The second kappa shape index (κ2) is 6.10. The molecule has 0 atom stereocenters. The second-order valence-electron chi connectivity index (χ2n) is 3.81. The Kier molecular flexibility index (Phi) is 4.21. The predicted molar refractivity (Wildman–Crippen MR) is 65.6 cm³/mol. The van der Waals surface area contributed by atoms with Crippen LogP contribution in [-0.2, 0) is 13.0 Å². The van der Waals surface area contributed by atoms with Crippen LogP contribution in [0.4, 0.5) is 0 Å². The van der Waals surface area contributed by atoms with Crippen molar-refractivity contribution in [2.45, 2.75) is 19.9 Å². The Morgan fingerprint density at radius 1 is 1.24 bits per heavy atom. The van der Waals surface area contributed by atoms with Gasteiger partial charge in [0.2, 0.25) is 0 Å². The Labute approximate surface area is 101 Å². The number of rotatable bonds is 6. The molecule has 5 heteroatoms. The highest BCUT2D eigenvalue weighted by molar-refractivity contribution is 4.99. The van der Waals surface area contributed by atoms with Crippen molar-refractivity contribution in [3.05, 3.63) is 42.5 Å². The summed E-state index contributed by atoms with van der Waals surface area (Å²) < 4.78 is 2.01. The average molecular weight is 231 g/mol. The standard InChI is InChI=1S/C12H17N5/c1-2-13-7-4-11-8-17(10-16-11)9-12-14-5-3-6-15-12/h3,5-6,8,10,13H,2,4,7,9H2,1H3. The van der Waals surface area contributed by atoms with Gasteiger partial charge in [0.05, 0.1) is 18.6 Å². The summed E-state index contributed by atoms with van der Waals surface area (Å²) in [4.78, 5) is 12.7. The van der Waals surface area contributed by atoms with Gasteiger partial charge in [0.25, 0.3) is 0 Å². The van der Waals surface area contributed by atoms with Crippen LogP contribution in [0.1, 0.15) is 18.4 Å². The minimum Gasteiger partial charge on any atom is -0.330 e. The van der Waals surface area contributed by atoms with Crippen LogP contribution >= 0.6 is 0 Å². The van der Waals surface area contributed by atoms with Gasteiger partial charge in [0.1, 0.15) is 5.82 Å². The Hall–Kier alpha value is -1.75. The highest BCUT2D eigenvalue weighted by atomic mass is 15.1. The summed E-state index contributed by atoms with van der Waals surface area (Å²) in [6, 6.07) is 1.82. The van der Waals surface area contributed by atoms with Crippen LogP contribution in [0.5, 0.6) is 0 Å². The molecule has 2 aromatic rings. The molecule has 2 heterocycles. The minimum absolute atomic E-state index is 0.676. The van der Waals surface area contributed by atoms with Crippen molar-refractivity contribution in [2.24, 2.45) is 0 Å². The van der Waals surface area contributed by atoms with Gasteiger partial charge in [-0.2, -0.15) is 0 Å². The third-order valence-corrected chi connectivity index (χ3v) is 2.44. The molecule has 0 saturated carbocycles. The first-order valence-electron chi connectivity index (χ1n) is 5.85. The Morgan fingerprint density at radius 3 is 2.82 bits per heavy atom. The van der Waals surface area contributed by atoms with Crippen molar-refractivity contribution in [1.29, 1.82) is 0 Å². The first kappa shape index (κ1) is 11.7. The lowest BCUT2D eigenvalue weighted by atomic mass is 10.3. The van der Waals surface area contributed by atoms with E-state index in [-0.39, 0.29) is 0 Å². The van der Waals surface area contributed by atoms with E-state index in [1.165, 1.54) is 0 Å². The van der Waals surface area contributed by atoms with Crippen molar-refractivity contribution >= 4 is 0 Å². The van der Waals surface area contributed by atoms with E-state index in [2.05, 4.69) is 27.2 Å². The Balaban J connectivity index is 1.90. The maximum absolute atomic E-state index is 4.35. The minimum atomic E-state index is 0.676. The van der Waals surface area contributed by atoms with Gasteiger partial charge in [0.15, 0.2) is 0 Å². The molecule has 90 valence electrons. The molecule has 0 amide bonds. The van der Waals surface area contributed by atoms with E-state index in [0.717, 1.165) is 31.0 Å². The third-order valence-electron chi connectivity index (χ3n) is 2.44.